The van der Waals surface area contributed by atoms with Gasteiger partial charge in [-0.25, -0.2) is 0 Å². The second-order valence-corrected chi connectivity index (χ2v) is 3.52. The average Bonchev–Trinajstić information content (AvgIpc) is 2.29. The first kappa shape index (κ1) is 12.0. The highest BCUT2D eigenvalue weighted by molar-refractivity contribution is 5.38. The van der Waals surface area contributed by atoms with Crippen LogP contribution in [0.4, 0.5) is 0 Å². The van der Waals surface area contributed by atoms with Crippen LogP contribution in [0.25, 0.3) is 0 Å². The van der Waals surface area contributed by atoms with Crippen LogP contribution in [0.1, 0.15) is 18.9 Å². The number of hydrogen-bond acceptors (Lipinski definition) is 3. The van der Waals surface area contributed by atoms with E-state index in [9.17, 15) is 5.11 Å². The largest absolute Gasteiger partial charge is 0.496 e. The summed E-state index contributed by atoms with van der Waals surface area (Å²) < 4.78 is 10.3. The summed E-state index contributed by atoms with van der Waals surface area (Å²) in [7, 11) is 3.18. The van der Waals surface area contributed by atoms with Gasteiger partial charge in [0.2, 0.25) is 0 Å². The highest BCUT2D eigenvalue weighted by Gasteiger charge is 2.30. The van der Waals surface area contributed by atoms with Crippen LogP contribution in [0, 0.1) is 0 Å². The molecule has 0 aliphatic carbocycles. The Bertz CT molecular complexity index is 311. The molecule has 3 nitrogen and oxygen atoms in total. The monoisotopic (exact) mass is 210 g/mol. The van der Waals surface area contributed by atoms with Crippen molar-refractivity contribution in [1.82, 2.24) is 0 Å². The third kappa shape index (κ3) is 2.49. The maximum Gasteiger partial charge on any atom is 0.125 e. The van der Waals surface area contributed by atoms with Gasteiger partial charge in [-0.05, 0) is 12.5 Å². The van der Waals surface area contributed by atoms with Gasteiger partial charge in [-0.15, -0.1) is 0 Å². The van der Waals surface area contributed by atoms with Gasteiger partial charge < -0.3 is 14.6 Å². The van der Waals surface area contributed by atoms with Gasteiger partial charge in [0, 0.05) is 12.7 Å². The molecule has 84 valence electrons. The van der Waals surface area contributed by atoms with Crippen molar-refractivity contribution in [1.29, 1.82) is 0 Å². The number of rotatable bonds is 5. The molecule has 0 saturated heterocycles. The third-order valence-electron chi connectivity index (χ3n) is 2.58. The Kier molecular flexibility index (Phi) is 4.12. The van der Waals surface area contributed by atoms with Crippen LogP contribution in [-0.4, -0.2) is 25.9 Å². The minimum Gasteiger partial charge on any atom is -0.496 e. The molecular formula is C12H18O3. The van der Waals surface area contributed by atoms with E-state index in [0.29, 0.717) is 12.2 Å². The van der Waals surface area contributed by atoms with E-state index in [1.807, 2.05) is 31.2 Å². The van der Waals surface area contributed by atoms with E-state index in [1.54, 1.807) is 14.2 Å². The third-order valence-corrected chi connectivity index (χ3v) is 2.58. The molecule has 3 heteroatoms. The van der Waals surface area contributed by atoms with Crippen molar-refractivity contribution in [2.24, 2.45) is 0 Å². The van der Waals surface area contributed by atoms with Crippen molar-refractivity contribution in [2.75, 3.05) is 20.8 Å². The summed E-state index contributed by atoms with van der Waals surface area (Å²) in [5, 5.41) is 10.4. The van der Waals surface area contributed by atoms with Crippen LogP contribution in [0.2, 0.25) is 0 Å². The topological polar surface area (TPSA) is 38.7 Å². The van der Waals surface area contributed by atoms with Gasteiger partial charge in [0.1, 0.15) is 11.4 Å². The number of aliphatic hydroxyl groups is 1. The van der Waals surface area contributed by atoms with Crippen molar-refractivity contribution in [3.8, 4) is 5.75 Å². The van der Waals surface area contributed by atoms with Gasteiger partial charge in [-0.3, -0.25) is 0 Å². The number of ether oxygens (including phenoxy) is 2. The highest BCUT2D eigenvalue weighted by Crippen LogP contribution is 2.32. The summed E-state index contributed by atoms with van der Waals surface area (Å²) in [6.45, 7) is 2.19. The molecule has 0 aromatic heterocycles. The Morgan fingerprint density at radius 2 is 1.93 bits per heavy atom. The second-order valence-electron chi connectivity index (χ2n) is 3.52. The molecule has 0 heterocycles. The maximum atomic E-state index is 10.4. The van der Waals surface area contributed by atoms with Crippen molar-refractivity contribution >= 4 is 0 Å². The molecule has 0 fully saturated rings. The molecule has 0 spiro atoms. The van der Waals surface area contributed by atoms with E-state index in [4.69, 9.17) is 9.47 Å². The van der Waals surface area contributed by atoms with E-state index >= 15 is 0 Å². The lowest BCUT2D eigenvalue weighted by Crippen LogP contribution is -2.30. The van der Waals surface area contributed by atoms with Gasteiger partial charge >= 0.3 is 0 Å². The molecule has 1 N–H and O–H groups in total. The van der Waals surface area contributed by atoms with Crippen LogP contribution in [0.5, 0.6) is 5.75 Å². The standard InChI is InChI=1S/C12H18O3/c1-4-12(13,9-14-2)10-7-5-6-8-11(10)15-3/h5-8,13H,4,9H2,1-3H3. The van der Waals surface area contributed by atoms with Gasteiger partial charge in [0.05, 0.1) is 13.7 Å². The van der Waals surface area contributed by atoms with Gasteiger partial charge in [0.15, 0.2) is 0 Å². The molecule has 1 aromatic rings. The first-order chi connectivity index (χ1) is 7.18. The SMILES string of the molecule is CCC(O)(COC)c1ccccc1OC. The lowest BCUT2D eigenvalue weighted by Gasteiger charge is -2.27. The van der Waals surface area contributed by atoms with E-state index in [2.05, 4.69) is 0 Å². The number of para-hydroxylation sites is 1. The lowest BCUT2D eigenvalue weighted by molar-refractivity contribution is -0.0400. The molecule has 1 atom stereocenters. The molecule has 0 bridgehead atoms. The fraction of sp³-hybridized carbons (Fsp3) is 0.500. The van der Waals surface area contributed by atoms with Crippen LogP contribution >= 0.6 is 0 Å². The first-order valence-electron chi connectivity index (χ1n) is 5.02. The number of methoxy groups -OCH3 is 2. The summed E-state index contributed by atoms with van der Waals surface area (Å²) in [6, 6.07) is 7.46. The normalized spacial score (nSPS) is 14.7. The zero-order chi connectivity index (χ0) is 11.3. The number of hydrogen-bond donors (Lipinski definition) is 1. The van der Waals surface area contributed by atoms with Gasteiger partial charge in [-0.2, -0.15) is 0 Å². The van der Waals surface area contributed by atoms with E-state index in [0.717, 1.165) is 5.56 Å². The van der Waals surface area contributed by atoms with Gasteiger partial charge in [0.25, 0.3) is 0 Å². The molecule has 1 unspecified atom stereocenters. The molecule has 1 aromatic carbocycles. The Morgan fingerprint density at radius 1 is 1.27 bits per heavy atom. The van der Waals surface area contributed by atoms with Crippen LogP contribution in [-0.2, 0) is 10.3 Å². The summed E-state index contributed by atoms with van der Waals surface area (Å²) in [6.07, 6.45) is 0.585. The predicted molar refractivity (Wildman–Crippen MR) is 59.1 cm³/mol. The van der Waals surface area contributed by atoms with E-state index in [1.165, 1.54) is 0 Å². The van der Waals surface area contributed by atoms with E-state index < -0.39 is 5.60 Å². The van der Waals surface area contributed by atoms with E-state index in [-0.39, 0.29) is 6.61 Å². The van der Waals surface area contributed by atoms with Crippen LogP contribution in [0.15, 0.2) is 24.3 Å². The minimum absolute atomic E-state index is 0.268. The molecule has 0 amide bonds. The molecule has 0 aliphatic rings. The zero-order valence-corrected chi connectivity index (χ0v) is 9.49. The number of benzene rings is 1. The average molecular weight is 210 g/mol. The minimum atomic E-state index is -0.971. The zero-order valence-electron chi connectivity index (χ0n) is 9.49. The lowest BCUT2D eigenvalue weighted by atomic mass is 9.91. The molecule has 0 saturated carbocycles. The van der Waals surface area contributed by atoms with Crippen molar-refractivity contribution in [3.05, 3.63) is 29.8 Å². The molecular weight excluding hydrogens is 192 g/mol. The van der Waals surface area contributed by atoms with Gasteiger partial charge in [-0.1, -0.05) is 25.1 Å². The Hall–Kier alpha value is -1.06. The Labute approximate surface area is 90.6 Å². The molecule has 15 heavy (non-hydrogen) atoms. The summed E-state index contributed by atoms with van der Waals surface area (Å²) in [5.74, 6) is 0.693. The fourth-order valence-corrected chi connectivity index (χ4v) is 1.64. The maximum absolute atomic E-state index is 10.4. The smallest absolute Gasteiger partial charge is 0.125 e. The Balaban J connectivity index is 3.10. The van der Waals surface area contributed by atoms with Crippen molar-refractivity contribution in [3.63, 3.8) is 0 Å². The summed E-state index contributed by atoms with van der Waals surface area (Å²) in [4.78, 5) is 0. The Morgan fingerprint density at radius 3 is 2.47 bits per heavy atom. The van der Waals surface area contributed by atoms with Crippen molar-refractivity contribution in [2.45, 2.75) is 18.9 Å². The quantitative estimate of drug-likeness (QED) is 0.807. The summed E-state index contributed by atoms with van der Waals surface area (Å²) in [5.41, 5.74) is -0.196. The van der Waals surface area contributed by atoms with Crippen LogP contribution in [0.3, 0.4) is 0 Å². The second kappa shape index (κ2) is 5.14. The summed E-state index contributed by atoms with van der Waals surface area (Å²) >= 11 is 0. The predicted octanol–water partition coefficient (Wildman–Crippen LogP) is 1.94. The molecule has 0 aliphatic heterocycles. The molecule has 1 rings (SSSR count). The molecule has 0 radical (unpaired) electrons. The first-order valence-corrected chi connectivity index (χ1v) is 5.02. The van der Waals surface area contributed by atoms with Crippen LogP contribution < -0.4 is 4.74 Å². The highest BCUT2D eigenvalue weighted by atomic mass is 16.5. The van der Waals surface area contributed by atoms with Crippen molar-refractivity contribution < 1.29 is 14.6 Å². The fourth-order valence-electron chi connectivity index (χ4n) is 1.64.